The molecule has 4 bridgehead atoms. The van der Waals surface area contributed by atoms with Crippen LogP contribution in [0.2, 0.25) is 0 Å². The summed E-state index contributed by atoms with van der Waals surface area (Å²) >= 11 is 0. The zero-order valence-corrected chi connectivity index (χ0v) is 12.0. The summed E-state index contributed by atoms with van der Waals surface area (Å²) in [5.74, 6) is 2.81. The maximum absolute atomic E-state index is 11.3. The third-order valence-corrected chi connectivity index (χ3v) is 6.75. The number of allylic oxidation sites excluding steroid dienone is 1. The lowest BCUT2D eigenvalue weighted by Gasteiger charge is -2.34. The summed E-state index contributed by atoms with van der Waals surface area (Å²) in [6.07, 6.45) is 7.25. The molecule has 0 radical (unpaired) electrons. The average molecular weight is 248 g/mol. The van der Waals surface area contributed by atoms with Crippen LogP contribution in [-0.2, 0) is 9.53 Å². The minimum atomic E-state index is -0.189. The van der Waals surface area contributed by atoms with E-state index in [4.69, 9.17) is 4.74 Å². The van der Waals surface area contributed by atoms with Gasteiger partial charge in [0, 0.05) is 5.57 Å². The Labute approximate surface area is 110 Å². The van der Waals surface area contributed by atoms with Crippen LogP contribution in [0.15, 0.2) is 11.6 Å². The highest BCUT2D eigenvalue weighted by molar-refractivity contribution is 5.87. The van der Waals surface area contributed by atoms with Gasteiger partial charge in [0.1, 0.15) is 0 Å². The summed E-state index contributed by atoms with van der Waals surface area (Å²) in [4.78, 5) is 11.3. The molecule has 0 aromatic heterocycles. The maximum Gasteiger partial charge on any atom is 0.333 e. The Morgan fingerprint density at radius 3 is 2.39 bits per heavy atom. The Balaban J connectivity index is 1.64. The number of hydrogen-bond acceptors (Lipinski definition) is 2. The predicted octanol–water partition coefficient (Wildman–Crippen LogP) is 3.57. The molecule has 4 fully saturated rings. The average Bonchev–Trinajstić information content (AvgIpc) is 2.72. The van der Waals surface area contributed by atoms with E-state index in [-0.39, 0.29) is 5.97 Å². The molecule has 4 rings (SSSR count). The first-order chi connectivity index (χ1) is 8.45. The van der Waals surface area contributed by atoms with E-state index in [0.29, 0.717) is 10.8 Å². The van der Waals surface area contributed by atoms with Crippen molar-refractivity contribution in [2.45, 2.75) is 46.5 Å². The van der Waals surface area contributed by atoms with Crippen molar-refractivity contribution in [3.63, 3.8) is 0 Å². The fourth-order valence-electron chi connectivity index (χ4n) is 5.34. The fourth-order valence-corrected chi connectivity index (χ4v) is 5.34. The van der Waals surface area contributed by atoms with E-state index in [0.717, 1.165) is 29.7 Å². The zero-order valence-electron chi connectivity index (χ0n) is 12.0. The van der Waals surface area contributed by atoms with Crippen LogP contribution in [-0.4, -0.2) is 13.1 Å². The monoisotopic (exact) mass is 248 g/mol. The number of ether oxygens (including phenoxy) is 1. The van der Waals surface area contributed by atoms with Gasteiger partial charge in [-0.3, -0.25) is 0 Å². The lowest BCUT2D eigenvalue weighted by molar-refractivity contribution is -0.136. The molecule has 100 valence electrons. The Morgan fingerprint density at radius 2 is 1.94 bits per heavy atom. The first kappa shape index (κ1) is 12.3. The van der Waals surface area contributed by atoms with Crippen molar-refractivity contribution in [2.24, 2.45) is 28.6 Å². The minimum absolute atomic E-state index is 0.189. The first-order valence-electron chi connectivity index (χ1n) is 7.20. The molecule has 0 aliphatic heterocycles. The van der Waals surface area contributed by atoms with E-state index in [1.807, 2.05) is 6.92 Å². The third kappa shape index (κ3) is 1.27. The van der Waals surface area contributed by atoms with Gasteiger partial charge < -0.3 is 4.74 Å². The molecule has 0 N–H and O–H groups in total. The summed E-state index contributed by atoms with van der Waals surface area (Å²) < 4.78 is 4.73. The van der Waals surface area contributed by atoms with E-state index in [1.165, 1.54) is 26.4 Å². The molecule has 4 aliphatic carbocycles. The van der Waals surface area contributed by atoms with Crippen LogP contribution in [0.25, 0.3) is 0 Å². The van der Waals surface area contributed by atoms with Crippen LogP contribution in [0, 0.1) is 28.6 Å². The molecular formula is C16H24O2. The molecule has 0 spiro atoms. The summed E-state index contributed by atoms with van der Waals surface area (Å²) in [7, 11) is 1.45. The molecule has 0 aromatic carbocycles. The number of carbonyl (C=O) groups is 1. The highest BCUT2D eigenvalue weighted by Crippen LogP contribution is 2.87. The van der Waals surface area contributed by atoms with Gasteiger partial charge in [0.25, 0.3) is 0 Å². The highest BCUT2D eigenvalue weighted by atomic mass is 16.5. The molecule has 4 saturated carbocycles. The smallest absolute Gasteiger partial charge is 0.333 e. The maximum atomic E-state index is 11.3. The van der Waals surface area contributed by atoms with Crippen LogP contribution in [0.4, 0.5) is 0 Å². The van der Waals surface area contributed by atoms with Gasteiger partial charge >= 0.3 is 5.97 Å². The van der Waals surface area contributed by atoms with Crippen molar-refractivity contribution in [3.05, 3.63) is 11.6 Å². The largest absolute Gasteiger partial charge is 0.466 e. The van der Waals surface area contributed by atoms with Crippen molar-refractivity contribution in [2.75, 3.05) is 7.11 Å². The summed E-state index contributed by atoms with van der Waals surface area (Å²) in [5, 5.41) is 0. The normalized spacial score (nSPS) is 48.4. The topological polar surface area (TPSA) is 26.3 Å². The van der Waals surface area contributed by atoms with Gasteiger partial charge in [-0.25, -0.2) is 4.79 Å². The molecule has 18 heavy (non-hydrogen) atoms. The number of esters is 1. The van der Waals surface area contributed by atoms with E-state index in [9.17, 15) is 4.79 Å². The molecule has 0 saturated heterocycles. The molecule has 0 amide bonds. The number of carbonyl (C=O) groups excluding carboxylic acids is 1. The van der Waals surface area contributed by atoms with Crippen molar-refractivity contribution in [3.8, 4) is 0 Å². The van der Waals surface area contributed by atoms with E-state index in [2.05, 4.69) is 19.9 Å². The second kappa shape index (κ2) is 3.61. The zero-order chi connectivity index (χ0) is 13.1. The molecule has 4 aliphatic rings. The SMILES string of the molecule is COC(=O)/C(C)=C/CCC1(C)C2CC3C(C2)C31C. The van der Waals surface area contributed by atoms with Gasteiger partial charge in [-0.1, -0.05) is 19.9 Å². The minimum Gasteiger partial charge on any atom is -0.466 e. The Bertz CT molecular complexity index is 411. The summed E-state index contributed by atoms with van der Waals surface area (Å²) in [6.45, 7) is 6.85. The van der Waals surface area contributed by atoms with Gasteiger partial charge in [-0.2, -0.15) is 0 Å². The van der Waals surface area contributed by atoms with Gasteiger partial charge in [0.05, 0.1) is 7.11 Å². The van der Waals surface area contributed by atoms with Crippen LogP contribution < -0.4 is 0 Å². The van der Waals surface area contributed by atoms with Crippen molar-refractivity contribution in [1.82, 2.24) is 0 Å². The molecule has 3 unspecified atom stereocenters. The van der Waals surface area contributed by atoms with Crippen molar-refractivity contribution >= 4 is 5.97 Å². The Kier molecular flexibility index (Phi) is 2.46. The molecule has 2 nitrogen and oxygen atoms in total. The number of rotatable bonds is 4. The van der Waals surface area contributed by atoms with Crippen LogP contribution in [0.5, 0.6) is 0 Å². The second-order valence-electron chi connectivity index (χ2n) is 7.00. The first-order valence-corrected chi connectivity index (χ1v) is 7.20. The van der Waals surface area contributed by atoms with Crippen molar-refractivity contribution < 1.29 is 9.53 Å². The quantitative estimate of drug-likeness (QED) is 0.561. The van der Waals surface area contributed by atoms with Gasteiger partial charge in [0.2, 0.25) is 0 Å². The number of methoxy groups -OCH3 is 1. The molecule has 2 heteroatoms. The standard InChI is InChI=1S/C16H24O2/c1-10(14(17)18-4)6-5-7-15(2)11-8-12-13(9-11)16(12,15)3/h6,11-13H,5,7-9H2,1-4H3/b10-6+. The molecule has 0 aromatic rings. The van der Waals surface area contributed by atoms with Gasteiger partial charge in [-0.15, -0.1) is 0 Å². The Hall–Kier alpha value is -0.790. The summed E-state index contributed by atoms with van der Waals surface area (Å²) in [6, 6.07) is 0. The number of hydrogen-bond donors (Lipinski definition) is 0. The van der Waals surface area contributed by atoms with Crippen molar-refractivity contribution in [1.29, 1.82) is 0 Å². The summed E-state index contributed by atoms with van der Waals surface area (Å²) in [5.41, 5.74) is 1.91. The highest BCUT2D eigenvalue weighted by Gasteiger charge is 2.80. The van der Waals surface area contributed by atoms with E-state index >= 15 is 0 Å². The van der Waals surface area contributed by atoms with Gasteiger partial charge in [0.15, 0.2) is 0 Å². The van der Waals surface area contributed by atoms with Crippen LogP contribution >= 0.6 is 0 Å². The van der Waals surface area contributed by atoms with E-state index in [1.54, 1.807) is 0 Å². The van der Waals surface area contributed by atoms with Crippen LogP contribution in [0.1, 0.15) is 46.5 Å². The van der Waals surface area contributed by atoms with Crippen LogP contribution in [0.3, 0.4) is 0 Å². The predicted molar refractivity (Wildman–Crippen MR) is 70.9 cm³/mol. The Morgan fingerprint density at radius 1 is 1.33 bits per heavy atom. The molecule has 0 heterocycles. The fraction of sp³-hybridized carbons (Fsp3) is 0.812. The van der Waals surface area contributed by atoms with Gasteiger partial charge in [-0.05, 0) is 61.2 Å². The third-order valence-electron chi connectivity index (χ3n) is 6.75. The molecule has 3 atom stereocenters. The van der Waals surface area contributed by atoms with E-state index < -0.39 is 0 Å². The second-order valence-corrected chi connectivity index (χ2v) is 7.00. The lowest BCUT2D eigenvalue weighted by atomic mass is 9.71. The molecular weight excluding hydrogens is 224 g/mol. The lowest BCUT2D eigenvalue weighted by Crippen LogP contribution is -2.26.